The third-order valence-corrected chi connectivity index (χ3v) is 4.85. The first-order valence-electron chi connectivity index (χ1n) is 5.51. The topological polar surface area (TPSA) is 74.7 Å². The summed E-state index contributed by atoms with van der Waals surface area (Å²) in [5.74, 6) is -0.729. The molecule has 1 rings (SSSR count). The first kappa shape index (κ1) is 13.4. The van der Waals surface area contributed by atoms with Crippen LogP contribution in [0.3, 0.4) is 0 Å². The Balaban J connectivity index is 2.79. The Labute approximate surface area is 96.4 Å². The zero-order valence-electron chi connectivity index (χ0n) is 9.77. The van der Waals surface area contributed by atoms with Crippen molar-refractivity contribution in [1.29, 1.82) is 0 Å². The van der Waals surface area contributed by atoms with E-state index in [1.807, 2.05) is 6.92 Å². The van der Waals surface area contributed by atoms with Crippen LogP contribution in [0.25, 0.3) is 0 Å². The molecule has 5 nitrogen and oxygen atoms in total. The number of sulfone groups is 1. The number of carbonyl (C=O) groups is 1. The highest BCUT2D eigenvalue weighted by molar-refractivity contribution is 7.91. The van der Waals surface area contributed by atoms with E-state index in [9.17, 15) is 18.3 Å². The summed E-state index contributed by atoms with van der Waals surface area (Å²) in [5.41, 5.74) is -0.926. The summed E-state index contributed by atoms with van der Waals surface area (Å²) in [6.45, 7) is 4.26. The van der Waals surface area contributed by atoms with Gasteiger partial charge in [0.05, 0.1) is 11.5 Å². The molecule has 0 radical (unpaired) electrons. The highest BCUT2D eigenvalue weighted by atomic mass is 32.2. The molecule has 6 heteroatoms. The maximum absolute atomic E-state index is 11.3. The third-order valence-electron chi connectivity index (χ3n) is 3.24. The lowest BCUT2D eigenvalue weighted by atomic mass is 9.94. The minimum Gasteiger partial charge on any atom is -0.480 e. The molecule has 1 unspecified atom stereocenters. The molecule has 1 aliphatic heterocycles. The lowest BCUT2D eigenvalue weighted by Crippen LogP contribution is -2.57. The van der Waals surface area contributed by atoms with Crippen LogP contribution in [0, 0.1) is 0 Å². The van der Waals surface area contributed by atoms with Gasteiger partial charge in [0.25, 0.3) is 0 Å². The molecule has 0 aromatic heterocycles. The summed E-state index contributed by atoms with van der Waals surface area (Å²) in [5, 5.41) is 9.25. The van der Waals surface area contributed by atoms with Gasteiger partial charge in [0.1, 0.15) is 5.54 Å². The molecule has 1 N–H and O–H groups in total. The van der Waals surface area contributed by atoms with E-state index in [2.05, 4.69) is 0 Å². The van der Waals surface area contributed by atoms with Gasteiger partial charge in [-0.1, -0.05) is 13.3 Å². The molecule has 0 aliphatic carbocycles. The summed E-state index contributed by atoms with van der Waals surface area (Å²) >= 11 is 0. The second kappa shape index (κ2) is 4.71. The van der Waals surface area contributed by atoms with Crippen molar-refractivity contribution in [2.75, 3.05) is 24.6 Å². The van der Waals surface area contributed by atoms with Gasteiger partial charge in [-0.05, 0) is 13.3 Å². The lowest BCUT2D eigenvalue weighted by molar-refractivity contribution is -0.151. The van der Waals surface area contributed by atoms with Crippen LogP contribution in [0.15, 0.2) is 0 Å². The largest absolute Gasteiger partial charge is 0.480 e. The van der Waals surface area contributed by atoms with Crippen LogP contribution in [0.4, 0.5) is 0 Å². The Morgan fingerprint density at radius 1 is 1.38 bits per heavy atom. The van der Waals surface area contributed by atoms with Crippen LogP contribution in [0.2, 0.25) is 0 Å². The number of hydrogen-bond acceptors (Lipinski definition) is 4. The average molecular weight is 249 g/mol. The van der Waals surface area contributed by atoms with Crippen LogP contribution in [-0.2, 0) is 14.6 Å². The lowest BCUT2D eigenvalue weighted by Gasteiger charge is -2.39. The molecule has 0 saturated carbocycles. The van der Waals surface area contributed by atoms with E-state index in [1.165, 1.54) is 0 Å². The van der Waals surface area contributed by atoms with Crippen molar-refractivity contribution in [3.05, 3.63) is 0 Å². The third kappa shape index (κ3) is 2.74. The van der Waals surface area contributed by atoms with E-state index in [-0.39, 0.29) is 11.5 Å². The predicted octanol–water partition coefficient (Wildman–Crippen LogP) is 0.360. The minimum atomic E-state index is -2.95. The van der Waals surface area contributed by atoms with Crippen molar-refractivity contribution in [2.24, 2.45) is 0 Å². The Kier molecular flexibility index (Phi) is 3.96. The Morgan fingerprint density at radius 2 is 1.88 bits per heavy atom. The van der Waals surface area contributed by atoms with Gasteiger partial charge in [0, 0.05) is 13.1 Å². The standard InChI is InChI=1S/C10H19NO4S/c1-3-4-10(2,9(12)13)11-5-7-16(14,15)8-6-11/h3-8H2,1-2H3,(H,12,13). The number of carboxylic acid groups (broad SMARTS) is 1. The molecule has 0 aromatic carbocycles. The Bertz CT molecular complexity index is 351. The summed E-state index contributed by atoms with van der Waals surface area (Å²) in [4.78, 5) is 13.1. The Hall–Kier alpha value is -0.620. The molecule has 1 saturated heterocycles. The average Bonchev–Trinajstić information content (AvgIpc) is 2.17. The molecule has 16 heavy (non-hydrogen) atoms. The summed E-state index contributed by atoms with van der Waals surface area (Å²) in [6, 6.07) is 0. The maximum Gasteiger partial charge on any atom is 0.323 e. The SMILES string of the molecule is CCCC(C)(C(=O)O)N1CCS(=O)(=O)CC1. The van der Waals surface area contributed by atoms with Crippen molar-refractivity contribution in [1.82, 2.24) is 4.90 Å². The van der Waals surface area contributed by atoms with Gasteiger partial charge in [-0.25, -0.2) is 8.42 Å². The van der Waals surface area contributed by atoms with Gasteiger partial charge in [-0.3, -0.25) is 9.69 Å². The van der Waals surface area contributed by atoms with Crippen molar-refractivity contribution in [3.63, 3.8) is 0 Å². The predicted molar refractivity (Wildman–Crippen MR) is 61.2 cm³/mol. The van der Waals surface area contributed by atoms with Crippen LogP contribution >= 0.6 is 0 Å². The van der Waals surface area contributed by atoms with Crippen molar-refractivity contribution >= 4 is 15.8 Å². The molecule has 0 bridgehead atoms. The van der Waals surface area contributed by atoms with Crippen LogP contribution in [0.1, 0.15) is 26.7 Å². The first-order valence-corrected chi connectivity index (χ1v) is 7.33. The van der Waals surface area contributed by atoms with Gasteiger partial charge >= 0.3 is 5.97 Å². The Morgan fingerprint density at radius 3 is 2.25 bits per heavy atom. The fraction of sp³-hybridized carbons (Fsp3) is 0.900. The van der Waals surface area contributed by atoms with Crippen LogP contribution in [0.5, 0.6) is 0 Å². The summed E-state index contributed by atoms with van der Waals surface area (Å²) in [7, 11) is -2.95. The van der Waals surface area contributed by atoms with E-state index < -0.39 is 21.3 Å². The fourth-order valence-electron chi connectivity index (χ4n) is 2.09. The number of nitrogens with zero attached hydrogens (tertiary/aromatic N) is 1. The zero-order chi connectivity index (χ0) is 12.4. The fourth-order valence-corrected chi connectivity index (χ4v) is 3.29. The molecule has 0 amide bonds. The number of rotatable bonds is 4. The molecule has 1 fully saturated rings. The van der Waals surface area contributed by atoms with E-state index in [4.69, 9.17) is 0 Å². The number of aliphatic carboxylic acids is 1. The van der Waals surface area contributed by atoms with E-state index >= 15 is 0 Å². The van der Waals surface area contributed by atoms with E-state index in [0.29, 0.717) is 19.5 Å². The minimum absolute atomic E-state index is 0.0690. The quantitative estimate of drug-likeness (QED) is 0.778. The zero-order valence-corrected chi connectivity index (χ0v) is 10.6. The second-order valence-corrected chi connectivity index (χ2v) is 6.77. The van der Waals surface area contributed by atoms with E-state index in [1.54, 1.807) is 11.8 Å². The van der Waals surface area contributed by atoms with Gasteiger partial charge < -0.3 is 5.11 Å². The highest BCUT2D eigenvalue weighted by Gasteiger charge is 2.41. The first-order chi connectivity index (χ1) is 7.32. The molecular formula is C10H19NO4S. The van der Waals surface area contributed by atoms with Crippen molar-refractivity contribution in [2.45, 2.75) is 32.2 Å². The maximum atomic E-state index is 11.3. The van der Waals surface area contributed by atoms with E-state index in [0.717, 1.165) is 6.42 Å². The molecule has 1 heterocycles. The van der Waals surface area contributed by atoms with Gasteiger partial charge in [0.15, 0.2) is 9.84 Å². The smallest absolute Gasteiger partial charge is 0.323 e. The van der Waals surface area contributed by atoms with Crippen molar-refractivity contribution in [3.8, 4) is 0 Å². The monoisotopic (exact) mass is 249 g/mol. The van der Waals surface area contributed by atoms with Crippen LogP contribution in [-0.4, -0.2) is 54.5 Å². The number of hydrogen-bond donors (Lipinski definition) is 1. The number of carboxylic acids is 1. The summed E-state index contributed by atoms with van der Waals surface area (Å²) in [6.07, 6.45) is 1.31. The molecule has 1 atom stereocenters. The summed E-state index contributed by atoms with van der Waals surface area (Å²) < 4.78 is 22.6. The molecule has 0 aromatic rings. The second-order valence-electron chi connectivity index (χ2n) is 4.47. The highest BCUT2D eigenvalue weighted by Crippen LogP contribution is 2.23. The van der Waals surface area contributed by atoms with Crippen LogP contribution < -0.4 is 0 Å². The molecular weight excluding hydrogens is 230 g/mol. The van der Waals surface area contributed by atoms with Gasteiger partial charge in [0.2, 0.25) is 0 Å². The molecule has 1 aliphatic rings. The normalized spacial score (nSPS) is 24.9. The molecule has 0 spiro atoms. The molecule has 94 valence electrons. The van der Waals surface area contributed by atoms with Gasteiger partial charge in [-0.15, -0.1) is 0 Å². The van der Waals surface area contributed by atoms with Crippen molar-refractivity contribution < 1.29 is 18.3 Å². The van der Waals surface area contributed by atoms with Gasteiger partial charge in [-0.2, -0.15) is 0 Å².